The fourth-order valence-corrected chi connectivity index (χ4v) is 4.22. The molecule has 0 radical (unpaired) electrons. The van der Waals surface area contributed by atoms with Crippen molar-refractivity contribution in [2.24, 2.45) is 0 Å². The van der Waals surface area contributed by atoms with Crippen LogP contribution in [-0.2, 0) is 16.4 Å². The maximum atomic E-state index is 12.6. The summed E-state index contributed by atoms with van der Waals surface area (Å²) in [6.07, 6.45) is 1.82. The lowest BCUT2D eigenvalue weighted by molar-refractivity contribution is 0.102. The highest BCUT2D eigenvalue weighted by Gasteiger charge is 2.27. The zero-order valence-corrected chi connectivity index (χ0v) is 16.6. The first-order valence-corrected chi connectivity index (χ1v) is 11.0. The fraction of sp³-hybridized carbons (Fsp3) is 0.136. The van der Waals surface area contributed by atoms with E-state index >= 15 is 0 Å². The molecule has 1 N–H and O–H groups in total. The number of carbonyl (C=O) groups excluding carboxylic acids is 1. The van der Waals surface area contributed by atoms with Gasteiger partial charge in [0.15, 0.2) is 0 Å². The molecule has 3 aromatic carbocycles. The van der Waals surface area contributed by atoms with Gasteiger partial charge in [0.25, 0.3) is 5.91 Å². The topological polar surface area (TPSA) is 75.7 Å². The Labute approximate surface area is 169 Å². The molecule has 0 atom stereocenters. The van der Waals surface area contributed by atoms with Crippen molar-refractivity contribution >= 4 is 27.3 Å². The minimum Gasteiger partial charge on any atom is -0.457 e. The predicted octanol–water partition coefficient (Wildman–Crippen LogP) is 4.05. The Morgan fingerprint density at radius 2 is 1.66 bits per heavy atom. The van der Waals surface area contributed by atoms with E-state index in [-0.39, 0.29) is 5.91 Å². The van der Waals surface area contributed by atoms with Crippen LogP contribution in [0.1, 0.15) is 15.9 Å². The number of fused-ring (bicyclic) bond motifs is 1. The molecule has 0 aliphatic carbocycles. The van der Waals surface area contributed by atoms with Crippen LogP contribution in [0.25, 0.3) is 0 Å². The van der Waals surface area contributed by atoms with E-state index < -0.39 is 10.0 Å². The van der Waals surface area contributed by atoms with Crippen LogP contribution >= 0.6 is 0 Å². The van der Waals surface area contributed by atoms with Crippen molar-refractivity contribution in [3.63, 3.8) is 0 Å². The molecule has 1 aliphatic heterocycles. The molecule has 1 amide bonds. The summed E-state index contributed by atoms with van der Waals surface area (Å²) in [6, 6.07) is 21.7. The molecule has 7 heteroatoms. The van der Waals surface area contributed by atoms with Gasteiger partial charge in [0, 0.05) is 17.8 Å². The van der Waals surface area contributed by atoms with E-state index in [9.17, 15) is 13.2 Å². The molecule has 0 aromatic heterocycles. The zero-order valence-electron chi connectivity index (χ0n) is 15.8. The lowest BCUT2D eigenvalue weighted by atomic mass is 10.1. The molecule has 6 nitrogen and oxygen atoms in total. The Kier molecular flexibility index (Phi) is 4.98. The molecule has 29 heavy (non-hydrogen) atoms. The second-order valence-corrected chi connectivity index (χ2v) is 8.73. The zero-order chi connectivity index (χ0) is 20.4. The number of rotatable bonds is 5. The Hall–Kier alpha value is -3.32. The average Bonchev–Trinajstić information content (AvgIpc) is 3.14. The number of hydrogen-bond acceptors (Lipinski definition) is 4. The van der Waals surface area contributed by atoms with E-state index in [0.717, 1.165) is 11.3 Å². The van der Waals surface area contributed by atoms with Crippen LogP contribution in [0, 0.1) is 0 Å². The van der Waals surface area contributed by atoms with E-state index in [0.29, 0.717) is 35.7 Å². The molecule has 1 heterocycles. The van der Waals surface area contributed by atoms with Crippen molar-refractivity contribution in [1.82, 2.24) is 0 Å². The average molecular weight is 408 g/mol. The van der Waals surface area contributed by atoms with Crippen LogP contribution in [0.15, 0.2) is 72.8 Å². The van der Waals surface area contributed by atoms with Gasteiger partial charge in [-0.05, 0) is 60.5 Å². The number of amides is 1. The Morgan fingerprint density at radius 3 is 2.34 bits per heavy atom. The fourth-order valence-electron chi connectivity index (χ4n) is 3.27. The number of ether oxygens (including phenoxy) is 1. The summed E-state index contributed by atoms with van der Waals surface area (Å²) >= 11 is 0. The highest BCUT2D eigenvalue weighted by atomic mass is 32.2. The molecule has 0 saturated carbocycles. The monoisotopic (exact) mass is 408 g/mol. The molecule has 0 spiro atoms. The summed E-state index contributed by atoms with van der Waals surface area (Å²) in [5.74, 6) is 1.10. The molecule has 4 rings (SSSR count). The number of nitrogens with one attached hydrogen (secondary N) is 1. The first kappa shape index (κ1) is 19.0. The molecule has 3 aromatic rings. The van der Waals surface area contributed by atoms with E-state index in [1.165, 1.54) is 10.6 Å². The third-order valence-corrected chi connectivity index (χ3v) is 5.87. The molecule has 0 bridgehead atoms. The molecular weight excluding hydrogens is 388 g/mol. The van der Waals surface area contributed by atoms with Crippen LogP contribution in [0.3, 0.4) is 0 Å². The quantitative estimate of drug-likeness (QED) is 0.691. The minimum atomic E-state index is -3.36. The van der Waals surface area contributed by atoms with Gasteiger partial charge in [-0.2, -0.15) is 0 Å². The third-order valence-electron chi connectivity index (χ3n) is 4.69. The summed E-state index contributed by atoms with van der Waals surface area (Å²) in [6.45, 7) is 0.405. The molecule has 0 saturated heterocycles. The van der Waals surface area contributed by atoms with Crippen molar-refractivity contribution in [2.45, 2.75) is 6.42 Å². The van der Waals surface area contributed by atoms with Gasteiger partial charge in [-0.1, -0.05) is 24.3 Å². The Balaban J connectivity index is 1.47. The van der Waals surface area contributed by atoms with E-state index in [1.54, 1.807) is 36.4 Å². The molecule has 0 unspecified atom stereocenters. The molecular formula is C22H20N2O4S. The molecule has 1 aliphatic rings. The summed E-state index contributed by atoms with van der Waals surface area (Å²) in [7, 11) is -3.36. The number of nitrogens with zero attached hydrogens (tertiary/aromatic N) is 1. The second kappa shape index (κ2) is 7.60. The Morgan fingerprint density at radius 1 is 0.966 bits per heavy atom. The highest BCUT2D eigenvalue weighted by Crippen LogP contribution is 2.31. The number of anilines is 2. The van der Waals surface area contributed by atoms with Crippen LogP contribution < -0.4 is 14.4 Å². The standard InChI is InChI=1S/C22H20N2O4S/c1-29(26,27)24-14-13-16-7-8-17(15-21(16)24)22(25)23-18-9-11-20(12-10-18)28-19-5-3-2-4-6-19/h2-12,15H,13-14H2,1H3,(H,23,25). The first-order valence-electron chi connectivity index (χ1n) is 9.15. The molecule has 148 valence electrons. The van der Waals surface area contributed by atoms with Gasteiger partial charge in [0.05, 0.1) is 11.9 Å². The van der Waals surface area contributed by atoms with Crippen LogP contribution in [0.4, 0.5) is 11.4 Å². The third kappa shape index (κ3) is 4.25. The predicted molar refractivity (Wildman–Crippen MR) is 113 cm³/mol. The summed E-state index contributed by atoms with van der Waals surface area (Å²) < 4.78 is 31.0. The van der Waals surface area contributed by atoms with Gasteiger partial charge < -0.3 is 10.1 Å². The number of carbonyl (C=O) groups is 1. The van der Waals surface area contributed by atoms with Crippen molar-refractivity contribution in [3.05, 3.63) is 83.9 Å². The molecule has 0 fully saturated rings. The lowest BCUT2D eigenvalue weighted by Gasteiger charge is -2.17. The Bertz CT molecular complexity index is 1140. The number of para-hydroxylation sites is 1. The van der Waals surface area contributed by atoms with Crippen molar-refractivity contribution < 1.29 is 17.9 Å². The maximum absolute atomic E-state index is 12.6. The van der Waals surface area contributed by atoms with Crippen molar-refractivity contribution in [3.8, 4) is 11.5 Å². The largest absolute Gasteiger partial charge is 0.457 e. The van der Waals surface area contributed by atoms with Crippen molar-refractivity contribution in [1.29, 1.82) is 0 Å². The SMILES string of the molecule is CS(=O)(=O)N1CCc2ccc(C(=O)Nc3ccc(Oc4ccccc4)cc3)cc21. The van der Waals surface area contributed by atoms with Crippen LogP contribution in [-0.4, -0.2) is 27.1 Å². The number of sulfonamides is 1. The summed E-state index contributed by atoms with van der Waals surface area (Å²) in [5.41, 5.74) is 2.53. The lowest BCUT2D eigenvalue weighted by Crippen LogP contribution is -2.27. The number of benzene rings is 3. The van der Waals surface area contributed by atoms with Crippen LogP contribution in [0.2, 0.25) is 0 Å². The first-order chi connectivity index (χ1) is 13.9. The van der Waals surface area contributed by atoms with Gasteiger partial charge >= 0.3 is 0 Å². The van der Waals surface area contributed by atoms with Gasteiger partial charge in [-0.15, -0.1) is 0 Å². The smallest absolute Gasteiger partial charge is 0.255 e. The number of hydrogen-bond donors (Lipinski definition) is 1. The summed E-state index contributed by atoms with van der Waals surface area (Å²) in [4.78, 5) is 12.6. The summed E-state index contributed by atoms with van der Waals surface area (Å²) in [5, 5.41) is 2.83. The maximum Gasteiger partial charge on any atom is 0.255 e. The normalized spacial score (nSPS) is 13.1. The second-order valence-electron chi connectivity index (χ2n) is 6.82. The van der Waals surface area contributed by atoms with E-state index in [2.05, 4.69) is 5.32 Å². The minimum absolute atomic E-state index is 0.301. The van der Waals surface area contributed by atoms with Gasteiger partial charge in [0.2, 0.25) is 10.0 Å². The van der Waals surface area contributed by atoms with Gasteiger partial charge in [0.1, 0.15) is 11.5 Å². The van der Waals surface area contributed by atoms with E-state index in [4.69, 9.17) is 4.74 Å². The van der Waals surface area contributed by atoms with Gasteiger partial charge in [-0.3, -0.25) is 9.10 Å². The van der Waals surface area contributed by atoms with Gasteiger partial charge in [-0.25, -0.2) is 8.42 Å². The van der Waals surface area contributed by atoms with Crippen LogP contribution in [0.5, 0.6) is 11.5 Å². The van der Waals surface area contributed by atoms with Crippen molar-refractivity contribution in [2.75, 3.05) is 22.4 Å². The van der Waals surface area contributed by atoms with E-state index in [1.807, 2.05) is 36.4 Å². The highest BCUT2D eigenvalue weighted by molar-refractivity contribution is 7.92.